The monoisotopic (exact) mass is 278 g/mol. The van der Waals surface area contributed by atoms with Gasteiger partial charge >= 0.3 is 0 Å². The molecule has 0 spiro atoms. The molecule has 104 valence electrons. The first-order chi connectivity index (χ1) is 10.2. The van der Waals surface area contributed by atoms with Crippen molar-refractivity contribution in [1.29, 1.82) is 0 Å². The zero-order chi connectivity index (χ0) is 14.8. The Morgan fingerprint density at radius 3 is 2.48 bits per heavy atom. The van der Waals surface area contributed by atoms with Gasteiger partial charge in [0, 0.05) is 5.56 Å². The van der Waals surface area contributed by atoms with Crippen molar-refractivity contribution >= 4 is 16.6 Å². The van der Waals surface area contributed by atoms with Crippen LogP contribution in [0.1, 0.15) is 15.9 Å². The van der Waals surface area contributed by atoms with Crippen LogP contribution in [0.4, 0.5) is 0 Å². The molecule has 3 aromatic rings. The number of carbonyl (C=O) groups excluding carboxylic acids is 1. The quantitative estimate of drug-likeness (QED) is 0.741. The van der Waals surface area contributed by atoms with E-state index < -0.39 is 0 Å². The Morgan fingerprint density at radius 1 is 1.00 bits per heavy atom. The second-order valence-electron chi connectivity index (χ2n) is 4.74. The first-order valence-electron chi connectivity index (χ1n) is 6.60. The maximum absolute atomic E-state index is 12.6. The van der Waals surface area contributed by atoms with Crippen LogP contribution in [0.25, 0.3) is 10.8 Å². The van der Waals surface area contributed by atoms with Crippen LogP contribution in [0, 0.1) is 0 Å². The second kappa shape index (κ2) is 5.29. The van der Waals surface area contributed by atoms with Gasteiger partial charge in [-0.25, -0.2) is 0 Å². The van der Waals surface area contributed by atoms with Crippen LogP contribution < -0.4 is 4.74 Å². The maximum atomic E-state index is 12.6. The molecule has 0 unspecified atom stereocenters. The fraction of sp³-hybridized carbons (Fsp3) is 0.0556. The molecule has 0 bridgehead atoms. The van der Waals surface area contributed by atoms with E-state index in [1.807, 2.05) is 12.1 Å². The zero-order valence-corrected chi connectivity index (χ0v) is 11.5. The molecule has 0 radical (unpaired) electrons. The predicted molar refractivity (Wildman–Crippen MR) is 82.0 cm³/mol. The molecule has 3 heteroatoms. The Morgan fingerprint density at radius 2 is 1.76 bits per heavy atom. The topological polar surface area (TPSA) is 46.5 Å². The highest BCUT2D eigenvalue weighted by Gasteiger charge is 2.17. The van der Waals surface area contributed by atoms with Gasteiger partial charge in [-0.1, -0.05) is 36.4 Å². The third-order valence-corrected chi connectivity index (χ3v) is 3.47. The number of hydrogen-bond donors (Lipinski definition) is 1. The van der Waals surface area contributed by atoms with Gasteiger partial charge in [0.2, 0.25) is 0 Å². The van der Waals surface area contributed by atoms with Crippen molar-refractivity contribution in [3.63, 3.8) is 0 Å². The van der Waals surface area contributed by atoms with E-state index in [0.717, 1.165) is 5.39 Å². The second-order valence-corrected chi connectivity index (χ2v) is 4.74. The number of ether oxygens (including phenoxy) is 1. The summed E-state index contributed by atoms with van der Waals surface area (Å²) >= 11 is 0. The van der Waals surface area contributed by atoms with Crippen LogP contribution in [0.15, 0.2) is 60.7 Å². The zero-order valence-electron chi connectivity index (χ0n) is 11.5. The summed E-state index contributed by atoms with van der Waals surface area (Å²) in [6, 6.07) is 17.7. The number of hydrogen-bond acceptors (Lipinski definition) is 3. The van der Waals surface area contributed by atoms with Gasteiger partial charge in [0.15, 0.2) is 5.78 Å². The molecular formula is C18H14O3. The molecule has 3 aromatic carbocycles. The van der Waals surface area contributed by atoms with Gasteiger partial charge in [-0.2, -0.15) is 0 Å². The fourth-order valence-corrected chi connectivity index (χ4v) is 2.40. The lowest BCUT2D eigenvalue weighted by Gasteiger charge is -2.09. The van der Waals surface area contributed by atoms with Crippen LogP contribution in [0.5, 0.6) is 11.5 Å². The Hall–Kier alpha value is -2.81. The molecule has 0 aromatic heterocycles. The summed E-state index contributed by atoms with van der Waals surface area (Å²) in [4.78, 5) is 12.6. The number of fused-ring (bicyclic) bond motifs is 1. The molecule has 0 saturated carbocycles. The van der Waals surface area contributed by atoms with Crippen molar-refractivity contribution in [2.45, 2.75) is 0 Å². The number of phenols is 1. The van der Waals surface area contributed by atoms with Crippen LogP contribution in [0.2, 0.25) is 0 Å². The number of methoxy groups -OCH3 is 1. The SMILES string of the molecule is COc1ccc2c(C(=O)c3ccccc3)c(O)ccc2c1. The smallest absolute Gasteiger partial charge is 0.197 e. The minimum atomic E-state index is -0.191. The normalized spacial score (nSPS) is 10.5. The van der Waals surface area contributed by atoms with E-state index in [-0.39, 0.29) is 11.5 Å². The van der Waals surface area contributed by atoms with Crippen molar-refractivity contribution < 1.29 is 14.6 Å². The molecule has 0 aliphatic carbocycles. The minimum absolute atomic E-state index is 0.0125. The lowest BCUT2D eigenvalue weighted by Crippen LogP contribution is -2.02. The van der Waals surface area contributed by atoms with Crippen molar-refractivity contribution in [3.05, 3.63) is 71.8 Å². The summed E-state index contributed by atoms with van der Waals surface area (Å²) in [7, 11) is 1.59. The number of carbonyl (C=O) groups is 1. The predicted octanol–water partition coefficient (Wildman–Crippen LogP) is 3.79. The molecule has 0 saturated heterocycles. The van der Waals surface area contributed by atoms with Gasteiger partial charge in [0.05, 0.1) is 12.7 Å². The highest BCUT2D eigenvalue weighted by molar-refractivity contribution is 6.18. The third-order valence-electron chi connectivity index (χ3n) is 3.47. The van der Waals surface area contributed by atoms with Gasteiger partial charge in [0.25, 0.3) is 0 Å². The molecule has 0 fully saturated rings. The van der Waals surface area contributed by atoms with Gasteiger partial charge in [0.1, 0.15) is 11.5 Å². The first-order valence-corrected chi connectivity index (χ1v) is 6.60. The van der Waals surface area contributed by atoms with E-state index in [0.29, 0.717) is 22.3 Å². The van der Waals surface area contributed by atoms with Crippen LogP contribution in [0.3, 0.4) is 0 Å². The number of benzene rings is 3. The summed E-state index contributed by atoms with van der Waals surface area (Å²) in [5.41, 5.74) is 0.873. The Labute approximate surface area is 122 Å². The van der Waals surface area contributed by atoms with Gasteiger partial charge in [-0.05, 0) is 35.0 Å². The molecule has 0 amide bonds. The van der Waals surface area contributed by atoms with Crippen molar-refractivity contribution in [3.8, 4) is 11.5 Å². The van der Waals surface area contributed by atoms with E-state index in [2.05, 4.69) is 0 Å². The maximum Gasteiger partial charge on any atom is 0.197 e. The molecule has 3 rings (SSSR count). The Balaban J connectivity index is 2.22. The number of rotatable bonds is 3. The summed E-state index contributed by atoms with van der Waals surface area (Å²) in [5.74, 6) is 0.511. The van der Waals surface area contributed by atoms with Crippen molar-refractivity contribution in [2.75, 3.05) is 7.11 Å². The first kappa shape index (κ1) is 13.2. The van der Waals surface area contributed by atoms with Crippen molar-refractivity contribution in [1.82, 2.24) is 0 Å². The molecular weight excluding hydrogens is 264 g/mol. The van der Waals surface area contributed by atoms with E-state index in [1.54, 1.807) is 49.6 Å². The fourth-order valence-electron chi connectivity index (χ4n) is 2.40. The Bertz CT molecular complexity index is 807. The highest BCUT2D eigenvalue weighted by atomic mass is 16.5. The molecule has 21 heavy (non-hydrogen) atoms. The van der Waals surface area contributed by atoms with Gasteiger partial charge in [-0.15, -0.1) is 0 Å². The lowest BCUT2D eigenvalue weighted by atomic mass is 9.96. The third kappa shape index (κ3) is 2.34. The van der Waals surface area contributed by atoms with Crippen molar-refractivity contribution in [2.24, 2.45) is 0 Å². The molecule has 0 aliphatic heterocycles. The van der Waals surface area contributed by atoms with Gasteiger partial charge in [-0.3, -0.25) is 4.79 Å². The van der Waals surface area contributed by atoms with Crippen LogP contribution in [-0.2, 0) is 0 Å². The molecule has 0 heterocycles. The van der Waals surface area contributed by atoms with Crippen LogP contribution >= 0.6 is 0 Å². The van der Waals surface area contributed by atoms with Crippen LogP contribution in [-0.4, -0.2) is 18.0 Å². The summed E-state index contributed by atoms with van der Waals surface area (Å²) in [6.45, 7) is 0. The van der Waals surface area contributed by atoms with E-state index in [1.165, 1.54) is 6.07 Å². The molecule has 0 atom stereocenters. The Kier molecular flexibility index (Phi) is 3.32. The standard InChI is InChI=1S/C18H14O3/c1-21-14-8-9-15-13(11-14)7-10-16(19)17(15)18(20)12-5-3-2-4-6-12/h2-11,19H,1H3. The molecule has 1 N–H and O–H groups in total. The minimum Gasteiger partial charge on any atom is -0.507 e. The summed E-state index contributed by atoms with van der Waals surface area (Å²) in [5, 5.41) is 11.7. The summed E-state index contributed by atoms with van der Waals surface area (Å²) in [6.07, 6.45) is 0. The van der Waals surface area contributed by atoms with Gasteiger partial charge < -0.3 is 9.84 Å². The average molecular weight is 278 g/mol. The molecule has 3 nitrogen and oxygen atoms in total. The molecule has 0 aliphatic rings. The number of aromatic hydroxyl groups is 1. The van der Waals surface area contributed by atoms with E-state index >= 15 is 0 Å². The van der Waals surface area contributed by atoms with E-state index in [9.17, 15) is 9.90 Å². The highest BCUT2D eigenvalue weighted by Crippen LogP contribution is 2.31. The largest absolute Gasteiger partial charge is 0.507 e. The number of phenolic OH excluding ortho intramolecular Hbond substituents is 1. The lowest BCUT2D eigenvalue weighted by molar-refractivity contribution is 0.103. The number of ketones is 1. The average Bonchev–Trinajstić information content (AvgIpc) is 2.54. The van der Waals surface area contributed by atoms with E-state index in [4.69, 9.17) is 4.74 Å². The summed E-state index contributed by atoms with van der Waals surface area (Å²) < 4.78 is 5.19.